The van der Waals surface area contributed by atoms with Gasteiger partial charge < -0.3 is 5.32 Å². The number of rotatable bonds is 4. The number of halogens is 4. The van der Waals surface area contributed by atoms with Crippen molar-refractivity contribution in [1.82, 2.24) is 4.98 Å². The minimum atomic E-state index is -4.42. The molecule has 27 heavy (non-hydrogen) atoms. The summed E-state index contributed by atoms with van der Waals surface area (Å²) < 4.78 is 51.3. The highest BCUT2D eigenvalue weighted by molar-refractivity contribution is 7.13. The van der Waals surface area contributed by atoms with E-state index in [1.54, 1.807) is 31.2 Å². The highest BCUT2D eigenvalue weighted by Gasteiger charge is 2.30. The summed E-state index contributed by atoms with van der Waals surface area (Å²) in [5, 5.41) is 3.27. The molecule has 1 N–H and O–H groups in total. The number of thiazole rings is 1. The van der Waals surface area contributed by atoms with E-state index in [4.69, 9.17) is 0 Å². The van der Waals surface area contributed by atoms with Crippen molar-refractivity contribution < 1.29 is 22.4 Å². The molecule has 3 nitrogen and oxygen atoms in total. The molecule has 0 saturated heterocycles. The molecule has 1 aromatic heterocycles. The Morgan fingerprint density at radius 1 is 1.11 bits per heavy atom. The Morgan fingerprint density at radius 2 is 1.78 bits per heavy atom. The van der Waals surface area contributed by atoms with Gasteiger partial charge in [0, 0.05) is 11.3 Å². The number of hydrogen-bond acceptors (Lipinski definition) is 3. The molecule has 0 aliphatic carbocycles. The van der Waals surface area contributed by atoms with Crippen LogP contribution in [0.4, 0.5) is 23.2 Å². The zero-order valence-electron chi connectivity index (χ0n) is 14.1. The lowest BCUT2D eigenvalue weighted by Crippen LogP contribution is -2.13. The smallest absolute Gasteiger partial charge is 0.321 e. The maximum absolute atomic E-state index is 13.0. The first-order valence-corrected chi connectivity index (χ1v) is 8.71. The third-order valence-corrected chi connectivity index (χ3v) is 4.85. The second kappa shape index (κ2) is 7.48. The van der Waals surface area contributed by atoms with Crippen LogP contribution in [0.25, 0.3) is 11.1 Å². The van der Waals surface area contributed by atoms with E-state index in [0.717, 1.165) is 23.5 Å². The first-order chi connectivity index (χ1) is 12.8. The Balaban J connectivity index is 1.91. The molecule has 0 aliphatic heterocycles. The predicted octanol–water partition coefficient (Wildman–Crippen LogP) is 5.86. The number of para-hydroxylation sites is 1. The first kappa shape index (κ1) is 19.0. The normalized spacial score (nSPS) is 11.4. The Bertz CT molecular complexity index is 965. The summed E-state index contributed by atoms with van der Waals surface area (Å²) in [7, 11) is 0. The number of amides is 1. The van der Waals surface area contributed by atoms with E-state index in [1.165, 1.54) is 12.1 Å². The summed E-state index contributed by atoms with van der Waals surface area (Å²) in [6.07, 6.45) is -4.42. The summed E-state index contributed by atoms with van der Waals surface area (Å²) in [4.78, 5) is 16.7. The molecule has 2 aromatic carbocycles. The van der Waals surface area contributed by atoms with Gasteiger partial charge in [0.15, 0.2) is 0 Å². The quantitative estimate of drug-likeness (QED) is 0.563. The van der Waals surface area contributed by atoms with E-state index in [9.17, 15) is 22.4 Å². The average Bonchev–Trinajstić information content (AvgIpc) is 3.03. The third-order valence-electron chi connectivity index (χ3n) is 3.84. The van der Waals surface area contributed by atoms with Crippen molar-refractivity contribution in [2.45, 2.75) is 19.8 Å². The fourth-order valence-electron chi connectivity index (χ4n) is 2.60. The minimum absolute atomic E-state index is 0.0713. The lowest BCUT2D eigenvalue weighted by molar-refractivity contribution is -0.137. The molecule has 0 aliphatic rings. The molecule has 0 radical (unpaired) electrons. The number of carbonyl (C=O) groups is 1. The van der Waals surface area contributed by atoms with Crippen molar-refractivity contribution >= 4 is 22.9 Å². The zero-order valence-corrected chi connectivity index (χ0v) is 14.9. The van der Waals surface area contributed by atoms with Crippen LogP contribution >= 0.6 is 11.3 Å². The van der Waals surface area contributed by atoms with E-state index in [2.05, 4.69) is 10.3 Å². The van der Waals surface area contributed by atoms with Crippen LogP contribution in [0.15, 0.2) is 48.5 Å². The van der Waals surface area contributed by atoms with Gasteiger partial charge in [-0.1, -0.05) is 30.3 Å². The second-order valence-corrected chi connectivity index (χ2v) is 6.92. The van der Waals surface area contributed by atoms with Crippen molar-refractivity contribution in [3.05, 3.63) is 69.7 Å². The number of aromatic nitrogens is 1. The Morgan fingerprint density at radius 3 is 2.41 bits per heavy atom. The van der Waals surface area contributed by atoms with Crippen LogP contribution in [0.1, 0.15) is 25.9 Å². The summed E-state index contributed by atoms with van der Waals surface area (Å²) in [5.74, 6) is -0.507. The van der Waals surface area contributed by atoms with Crippen LogP contribution in [0, 0.1) is 6.92 Å². The van der Waals surface area contributed by atoms with Crippen molar-refractivity contribution in [2.24, 2.45) is 0 Å². The van der Waals surface area contributed by atoms with Gasteiger partial charge in [0.1, 0.15) is 11.6 Å². The number of aryl methyl sites for hydroxylation is 1. The number of nitrogens with zero attached hydrogens (tertiary/aromatic N) is 1. The number of anilines is 1. The minimum Gasteiger partial charge on any atom is -0.321 e. The standard InChI is InChI=1S/C19H14F4N2OS/c1-11-24-16(10-20)17(27-11)18(26)25-15-5-3-2-4-14(15)12-6-8-13(9-7-12)19(21,22)23/h2-9H,10H2,1H3,(H,25,26). The molecule has 1 heterocycles. The van der Waals surface area contributed by atoms with Crippen molar-refractivity contribution in [1.29, 1.82) is 0 Å². The number of hydrogen-bond donors (Lipinski definition) is 1. The molecule has 3 rings (SSSR count). The molecule has 0 spiro atoms. The second-order valence-electron chi connectivity index (χ2n) is 5.72. The van der Waals surface area contributed by atoms with Gasteiger partial charge >= 0.3 is 6.18 Å². The van der Waals surface area contributed by atoms with Crippen molar-refractivity contribution in [3.8, 4) is 11.1 Å². The van der Waals surface area contributed by atoms with Gasteiger partial charge in [-0.3, -0.25) is 4.79 Å². The molecule has 3 aromatic rings. The molecule has 0 saturated carbocycles. The topological polar surface area (TPSA) is 42.0 Å². The largest absolute Gasteiger partial charge is 0.416 e. The Hall–Kier alpha value is -2.74. The average molecular weight is 394 g/mol. The monoisotopic (exact) mass is 394 g/mol. The Kier molecular flexibility index (Phi) is 5.27. The number of alkyl halides is 4. The molecule has 1 amide bonds. The van der Waals surface area contributed by atoms with Crippen LogP contribution in [-0.2, 0) is 12.9 Å². The SMILES string of the molecule is Cc1nc(CF)c(C(=O)Nc2ccccc2-c2ccc(C(F)(F)F)cc2)s1. The fraction of sp³-hybridized carbons (Fsp3) is 0.158. The van der Waals surface area contributed by atoms with E-state index >= 15 is 0 Å². The van der Waals surface area contributed by atoms with E-state index in [1.807, 2.05) is 0 Å². The molecule has 0 unspecified atom stereocenters. The van der Waals surface area contributed by atoms with E-state index in [0.29, 0.717) is 21.8 Å². The van der Waals surface area contributed by atoms with Crippen molar-refractivity contribution in [3.63, 3.8) is 0 Å². The van der Waals surface area contributed by atoms with Gasteiger partial charge in [-0.2, -0.15) is 13.2 Å². The van der Waals surface area contributed by atoms with E-state index < -0.39 is 24.3 Å². The van der Waals surface area contributed by atoms with E-state index in [-0.39, 0.29) is 10.6 Å². The maximum Gasteiger partial charge on any atom is 0.416 e. The highest BCUT2D eigenvalue weighted by Crippen LogP contribution is 2.33. The van der Waals surface area contributed by atoms with Crippen LogP contribution in [0.2, 0.25) is 0 Å². The van der Waals surface area contributed by atoms with Crippen LogP contribution in [0.3, 0.4) is 0 Å². The molecular weight excluding hydrogens is 380 g/mol. The van der Waals surface area contributed by atoms with Crippen molar-refractivity contribution in [2.75, 3.05) is 5.32 Å². The van der Waals surface area contributed by atoms with Gasteiger partial charge in [0.25, 0.3) is 5.91 Å². The van der Waals surface area contributed by atoms with Crippen LogP contribution < -0.4 is 5.32 Å². The summed E-state index contributed by atoms with van der Waals surface area (Å²) in [6, 6.07) is 11.4. The van der Waals surface area contributed by atoms with Gasteiger partial charge in [-0.25, -0.2) is 9.37 Å². The molecule has 0 atom stereocenters. The van der Waals surface area contributed by atoms with Gasteiger partial charge in [0.2, 0.25) is 0 Å². The summed E-state index contributed by atoms with van der Waals surface area (Å²) in [6.45, 7) is 0.824. The lowest BCUT2D eigenvalue weighted by atomic mass is 10.0. The number of nitrogens with one attached hydrogen (secondary N) is 1. The maximum atomic E-state index is 13.0. The predicted molar refractivity (Wildman–Crippen MR) is 96.5 cm³/mol. The molecule has 140 valence electrons. The highest BCUT2D eigenvalue weighted by atomic mass is 32.1. The molecule has 0 fully saturated rings. The summed E-state index contributed by atoms with van der Waals surface area (Å²) in [5.41, 5.74) is 0.813. The zero-order chi connectivity index (χ0) is 19.6. The molecular formula is C19H14F4N2OS. The summed E-state index contributed by atoms with van der Waals surface area (Å²) >= 11 is 1.08. The first-order valence-electron chi connectivity index (χ1n) is 7.90. The van der Waals surface area contributed by atoms with Gasteiger partial charge in [0.05, 0.1) is 16.3 Å². The fourth-order valence-corrected chi connectivity index (χ4v) is 3.41. The third kappa shape index (κ3) is 4.16. The van der Waals surface area contributed by atoms with Gasteiger partial charge in [-0.15, -0.1) is 11.3 Å². The molecule has 8 heteroatoms. The Labute approximate surface area is 156 Å². The molecule has 0 bridgehead atoms. The van der Waals surface area contributed by atoms with Gasteiger partial charge in [-0.05, 0) is 30.7 Å². The lowest BCUT2D eigenvalue weighted by Gasteiger charge is -2.12. The number of benzene rings is 2. The van der Waals surface area contributed by atoms with Crippen LogP contribution in [0.5, 0.6) is 0 Å². The number of carbonyl (C=O) groups excluding carboxylic acids is 1. The van der Waals surface area contributed by atoms with Crippen LogP contribution in [-0.4, -0.2) is 10.9 Å².